The summed E-state index contributed by atoms with van der Waals surface area (Å²) in [6.45, 7) is 7.13. The molecule has 1 heterocycles. The van der Waals surface area contributed by atoms with E-state index < -0.39 is 0 Å². The van der Waals surface area contributed by atoms with Gasteiger partial charge in [0.2, 0.25) is 0 Å². The minimum absolute atomic E-state index is 0.144. The molecule has 1 aliphatic heterocycles. The quantitative estimate of drug-likeness (QED) is 0.449. The smallest absolute Gasteiger partial charge is 0.293 e. The van der Waals surface area contributed by atoms with Gasteiger partial charge in [0.05, 0.1) is 11.0 Å². The molecule has 2 fully saturated rings. The van der Waals surface area contributed by atoms with Crippen LogP contribution >= 0.6 is 15.9 Å². The molecule has 7 heteroatoms. The van der Waals surface area contributed by atoms with Crippen molar-refractivity contribution in [2.75, 3.05) is 25.0 Å². The third kappa shape index (κ3) is 5.45. The highest BCUT2D eigenvalue weighted by atomic mass is 79.9. The van der Waals surface area contributed by atoms with Gasteiger partial charge in [0.15, 0.2) is 0 Å². The Labute approximate surface area is 176 Å². The number of piperidine rings is 1. The molecule has 0 unspecified atom stereocenters. The zero-order chi connectivity index (χ0) is 20.1. The first kappa shape index (κ1) is 21.5. The zero-order valence-electron chi connectivity index (χ0n) is 17.0. The number of nitro benzene ring substituents is 1. The first-order chi connectivity index (χ1) is 13.5. The Morgan fingerprint density at radius 3 is 2.50 bits per heavy atom. The molecule has 0 aromatic heterocycles. The molecule has 1 aromatic carbocycles. The number of nitro groups is 1. The van der Waals surface area contributed by atoms with Crippen molar-refractivity contribution in [3.8, 4) is 0 Å². The molecule has 0 spiro atoms. The van der Waals surface area contributed by atoms with E-state index in [9.17, 15) is 10.1 Å². The maximum absolute atomic E-state index is 11.4. The maximum Gasteiger partial charge on any atom is 0.293 e. The van der Waals surface area contributed by atoms with E-state index in [1.165, 1.54) is 25.7 Å². The van der Waals surface area contributed by atoms with Crippen LogP contribution in [0.1, 0.15) is 57.4 Å². The molecule has 1 aliphatic carbocycles. The van der Waals surface area contributed by atoms with Crippen LogP contribution in [-0.2, 0) is 4.74 Å². The van der Waals surface area contributed by atoms with Gasteiger partial charge in [0.25, 0.3) is 5.69 Å². The molecule has 1 aromatic rings. The van der Waals surface area contributed by atoms with Crippen LogP contribution in [0.15, 0.2) is 16.6 Å². The van der Waals surface area contributed by atoms with E-state index in [4.69, 9.17) is 4.74 Å². The van der Waals surface area contributed by atoms with Gasteiger partial charge >= 0.3 is 0 Å². The number of likely N-dealkylation sites (tertiary alicyclic amines) is 1. The Kier molecular flexibility index (Phi) is 7.71. The third-order valence-electron chi connectivity index (χ3n) is 6.08. The highest BCUT2D eigenvalue weighted by Gasteiger charge is 2.30. The van der Waals surface area contributed by atoms with E-state index >= 15 is 0 Å². The Bertz CT molecular complexity index is 669. The van der Waals surface area contributed by atoms with E-state index in [0.29, 0.717) is 23.9 Å². The van der Waals surface area contributed by atoms with E-state index in [0.717, 1.165) is 49.0 Å². The second-order valence-corrected chi connectivity index (χ2v) is 8.99. The van der Waals surface area contributed by atoms with Crippen LogP contribution in [0, 0.1) is 17.0 Å². The predicted molar refractivity (Wildman–Crippen MR) is 116 cm³/mol. The summed E-state index contributed by atoms with van der Waals surface area (Å²) in [5.41, 5.74) is 1.79. The Balaban J connectivity index is 1.50. The molecule has 28 heavy (non-hydrogen) atoms. The average Bonchev–Trinajstić information content (AvgIpc) is 2.70. The van der Waals surface area contributed by atoms with Crippen LogP contribution in [-0.4, -0.2) is 47.7 Å². The Morgan fingerprint density at radius 2 is 1.89 bits per heavy atom. The SMILES string of the molecule is CCCOC1CCC(N2CCC(Nc3cc(C)c(Br)cc3[N+](=O)[O-])CC2)CC1. The molecule has 0 atom stereocenters. The van der Waals surface area contributed by atoms with Crippen molar-refractivity contribution in [3.63, 3.8) is 0 Å². The molecule has 0 bridgehead atoms. The number of hydrogen-bond acceptors (Lipinski definition) is 5. The topological polar surface area (TPSA) is 67.6 Å². The molecule has 0 amide bonds. The van der Waals surface area contributed by atoms with Crippen LogP contribution in [0.3, 0.4) is 0 Å². The Hall–Kier alpha value is -1.18. The van der Waals surface area contributed by atoms with Gasteiger partial charge < -0.3 is 15.0 Å². The summed E-state index contributed by atoms with van der Waals surface area (Å²) >= 11 is 3.40. The van der Waals surface area contributed by atoms with E-state index in [2.05, 4.69) is 33.1 Å². The summed E-state index contributed by atoms with van der Waals surface area (Å²) in [5.74, 6) is 0. The monoisotopic (exact) mass is 453 g/mol. The molecular weight excluding hydrogens is 422 g/mol. The number of aryl methyl sites for hydroxylation is 1. The Morgan fingerprint density at radius 1 is 1.21 bits per heavy atom. The fraction of sp³-hybridized carbons (Fsp3) is 0.714. The summed E-state index contributed by atoms with van der Waals surface area (Å²) in [7, 11) is 0. The van der Waals surface area contributed by atoms with Crippen molar-refractivity contribution < 1.29 is 9.66 Å². The molecule has 1 saturated heterocycles. The number of benzene rings is 1. The molecule has 156 valence electrons. The summed E-state index contributed by atoms with van der Waals surface area (Å²) in [6, 6.07) is 4.45. The first-order valence-electron chi connectivity index (χ1n) is 10.5. The van der Waals surface area contributed by atoms with E-state index in [-0.39, 0.29) is 10.6 Å². The minimum atomic E-state index is -0.305. The number of hydrogen-bond donors (Lipinski definition) is 1. The summed E-state index contributed by atoms with van der Waals surface area (Å²) in [6.07, 6.45) is 8.40. The van der Waals surface area contributed by atoms with Gasteiger partial charge in [-0.3, -0.25) is 10.1 Å². The second-order valence-electron chi connectivity index (χ2n) is 8.13. The predicted octanol–water partition coefficient (Wildman–Crippen LogP) is 5.28. The summed E-state index contributed by atoms with van der Waals surface area (Å²) in [5, 5.41) is 14.8. The van der Waals surface area contributed by atoms with Crippen LogP contribution in [0.4, 0.5) is 11.4 Å². The fourth-order valence-corrected chi connectivity index (χ4v) is 4.76. The lowest BCUT2D eigenvalue weighted by Gasteiger charge is -2.41. The average molecular weight is 454 g/mol. The molecule has 1 N–H and O–H groups in total. The molecule has 0 radical (unpaired) electrons. The lowest BCUT2D eigenvalue weighted by atomic mass is 9.90. The largest absolute Gasteiger partial charge is 0.378 e. The van der Waals surface area contributed by atoms with Crippen LogP contribution in [0.2, 0.25) is 0 Å². The molecule has 6 nitrogen and oxygen atoms in total. The number of halogens is 1. The summed E-state index contributed by atoms with van der Waals surface area (Å²) < 4.78 is 6.69. The molecule has 2 aliphatic rings. The lowest BCUT2D eigenvalue weighted by molar-refractivity contribution is -0.384. The molecule has 3 rings (SSSR count). The van der Waals surface area contributed by atoms with Crippen molar-refractivity contribution in [1.29, 1.82) is 0 Å². The van der Waals surface area contributed by atoms with Crippen molar-refractivity contribution in [3.05, 3.63) is 32.3 Å². The molecule has 1 saturated carbocycles. The second kappa shape index (κ2) is 10.0. The number of nitrogens with one attached hydrogen (secondary N) is 1. The zero-order valence-corrected chi connectivity index (χ0v) is 18.5. The third-order valence-corrected chi connectivity index (χ3v) is 6.93. The van der Waals surface area contributed by atoms with Gasteiger partial charge in [-0.25, -0.2) is 0 Å². The van der Waals surface area contributed by atoms with Crippen LogP contribution in [0.25, 0.3) is 0 Å². The van der Waals surface area contributed by atoms with Crippen molar-refractivity contribution in [2.24, 2.45) is 0 Å². The number of rotatable bonds is 7. The number of nitrogens with zero attached hydrogens (tertiary/aromatic N) is 2. The van der Waals surface area contributed by atoms with Crippen molar-refractivity contribution >= 4 is 27.3 Å². The first-order valence-corrected chi connectivity index (χ1v) is 11.3. The summed E-state index contributed by atoms with van der Waals surface area (Å²) in [4.78, 5) is 13.7. The fourth-order valence-electron chi connectivity index (χ4n) is 4.43. The van der Waals surface area contributed by atoms with Gasteiger partial charge in [0, 0.05) is 42.3 Å². The van der Waals surface area contributed by atoms with Crippen molar-refractivity contribution in [2.45, 2.75) is 77.0 Å². The van der Waals surface area contributed by atoms with Crippen LogP contribution in [0.5, 0.6) is 0 Å². The van der Waals surface area contributed by atoms with Gasteiger partial charge in [-0.15, -0.1) is 0 Å². The van der Waals surface area contributed by atoms with Gasteiger partial charge in [-0.2, -0.15) is 0 Å². The standard InChI is InChI=1S/C21H32BrN3O3/c1-3-12-28-18-6-4-17(5-7-18)24-10-8-16(9-11-24)23-20-13-15(2)19(22)14-21(20)25(26)27/h13-14,16-18,23H,3-12H2,1-2H3. The van der Waals surface area contributed by atoms with Gasteiger partial charge in [0.1, 0.15) is 5.69 Å². The van der Waals surface area contributed by atoms with Gasteiger partial charge in [-0.05, 0) is 63.5 Å². The number of anilines is 1. The maximum atomic E-state index is 11.4. The van der Waals surface area contributed by atoms with Crippen LogP contribution < -0.4 is 5.32 Å². The highest BCUT2D eigenvalue weighted by Crippen LogP contribution is 2.33. The minimum Gasteiger partial charge on any atom is -0.378 e. The number of ether oxygens (including phenoxy) is 1. The van der Waals surface area contributed by atoms with E-state index in [1.54, 1.807) is 6.07 Å². The van der Waals surface area contributed by atoms with Gasteiger partial charge in [-0.1, -0.05) is 22.9 Å². The van der Waals surface area contributed by atoms with Crippen molar-refractivity contribution in [1.82, 2.24) is 4.90 Å². The molecular formula is C21H32BrN3O3. The lowest BCUT2D eigenvalue weighted by Crippen LogP contribution is -2.46. The van der Waals surface area contributed by atoms with E-state index in [1.807, 2.05) is 13.0 Å². The normalized spacial score (nSPS) is 24.2. The highest BCUT2D eigenvalue weighted by molar-refractivity contribution is 9.10.